The molecule has 4 rings (SSSR count). The average Bonchev–Trinajstić information content (AvgIpc) is 2.78. The Bertz CT molecular complexity index is 1050. The van der Waals surface area contributed by atoms with Gasteiger partial charge in [0.05, 0.1) is 13.2 Å². The minimum Gasteiger partial charge on any atom is -0.497 e. The Kier molecular flexibility index (Phi) is 6.96. The van der Waals surface area contributed by atoms with E-state index in [1.54, 1.807) is 7.11 Å². The van der Waals surface area contributed by atoms with Crippen LogP contribution in [-0.4, -0.2) is 40.2 Å². The van der Waals surface area contributed by atoms with E-state index in [0.717, 1.165) is 48.4 Å². The largest absolute Gasteiger partial charge is 0.497 e. The van der Waals surface area contributed by atoms with Crippen LogP contribution in [0.4, 0.5) is 10.5 Å². The number of aryl methyl sites for hydroxylation is 1. The van der Waals surface area contributed by atoms with Crippen molar-refractivity contribution in [2.45, 2.75) is 76.7 Å². The number of nitrogens with one attached hydrogen (secondary N) is 2. The number of carbonyl (C=O) groups is 1. The normalized spacial score (nSPS) is 19.9. The van der Waals surface area contributed by atoms with Gasteiger partial charge >= 0.3 is 6.03 Å². The summed E-state index contributed by atoms with van der Waals surface area (Å²) >= 11 is 0. The van der Waals surface area contributed by atoms with Crippen LogP contribution in [0, 0.1) is 0 Å². The third-order valence-electron chi connectivity index (χ3n) is 7.47. The molecule has 0 saturated carbocycles. The van der Waals surface area contributed by atoms with Gasteiger partial charge in [0.25, 0.3) is 0 Å². The first-order valence-corrected chi connectivity index (χ1v) is 15.1. The van der Waals surface area contributed by atoms with E-state index in [0.29, 0.717) is 6.61 Å². The number of benzene rings is 2. The van der Waals surface area contributed by atoms with Gasteiger partial charge in [-0.3, -0.25) is 0 Å². The molecular formula is C27H38N2O4Si. The van der Waals surface area contributed by atoms with Gasteiger partial charge in [-0.1, -0.05) is 39.0 Å². The summed E-state index contributed by atoms with van der Waals surface area (Å²) in [5.41, 5.74) is 4.45. The highest BCUT2D eigenvalue weighted by atomic mass is 28.4. The Balaban J connectivity index is 1.40. The number of carbonyl (C=O) groups excluding carboxylic acids is 1. The summed E-state index contributed by atoms with van der Waals surface area (Å²) < 4.78 is 17.9. The van der Waals surface area contributed by atoms with Crippen LogP contribution in [0.25, 0.3) is 0 Å². The molecule has 0 saturated heterocycles. The van der Waals surface area contributed by atoms with Gasteiger partial charge in [0.2, 0.25) is 0 Å². The van der Waals surface area contributed by atoms with Crippen LogP contribution in [0.15, 0.2) is 36.4 Å². The minimum absolute atomic E-state index is 0.0879. The second-order valence-corrected chi connectivity index (χ2v) is 15.7. The zero-order valence-electron chi connectivity index (χ0n) is 21.3. The molecule has 2 N–H and O–H groups in total. The van der Waals surface area contributed by atoms with E-state index in [2.05, 4.69) is 50.6 Å². The third-order valence-corrected chi connectivity index (χ3v) is 12.0. The average molecular weight is 483 g/mol. The van der Waals surface area contributed by atoms with Crippen molar-refractivity contribution in [1.29, 1.82) is 0 Å². The predicted molar refractivity (Wildman–Crippen MR) is 139 cm³/mol. The topological polar surface area (TPSA) is 68.8 Å². The maximum absolute atomic E-state index is 12.9. The number of hydrogen-bond acceptors (Lipinski definition) is 4. The summed E-state index contributed by atoms with van der Waals surface area (Å²) in [5, 5.41) is 6.36. The van der Waals surface area contributed by atoms with Gasteiger partial charge in [-0.25, -0.2) is 4.79 Å². The Morgan fingerprint density at radius 2 is 1.91 bits per heavy atom. The van der Waals surface area contributed by atoms with Gasteiger partial charge in [0, 0.05) is 17.9 Å². The minimum atomic E-state index is -1.85. The van der Waals surface area contributed by atoms with E-state index < -0.39 is 8.32 Å². The summed E-state index contributed by atoms with van der Waals surface area (Å²) in [5.74, 6) is 1.59. The number of hydrogen-bond donors (Lipinski definition) is 2. The molecule has 2 aliphatic rings. The second kappa shape index (κ2) is 9.62. The first-order valence-electron chi connectivity index (χ1n) is 12.2. The maximum Gasteiger partial charge on any atom is 0.319 e. The van der Waals surface area contributed by atoms with Crippen LogP contribution in [0.2, 0.25) is 18.1 Å². The molecule has 7 heteroatoms. The molecule has 34 heavy (non-hydrogen) atoms. The molecule has 0 spiro atoms. The fourth-order valence-electron chi connectivity index (χ4n) is 4.48. The Labute approximate surface area is 204 Å². The molecule has 1 aliphatic heterocycles. The van der Waals surface area contributed by atoms with Crippen LogP contribution in [0.1, 0.15) is 43.9 Å². The zero-order chi connectivity index (χ0) is 24.5. The van der Waals surface area contributed by atoms with E-state index in [-0.39, 0.29) is 23.2 Å². The maximum atomic E-state index is 12.9. The lowest BCUT2D eigenvalue weighted by atomic mass is 9.88. The number of urea groups is 1. The van der Waals surface area contributed by atoms with Crippen molar-refractivity contribution in [1.82, 2.24) is 5.32 Å². The van der Waals surface area contributed by atoms with E-state index in [1.807, 2.05) is 30.3 Å². The van der Waals surface area contributed by atoms with Gasteiger partial charge in [-0.15, -0.1) is 0 Å². The summed E-state index contributed by atoms with van der Waals surface area (Å²) in [6.07, 6.45) is 3.75. The molecule has 184 valence electrons. The van der Waals surface area contributed by atoms with Crippen LogP contribution >= 0.6 is 0 Å². The fourth-order valence-corrected chi connectivity index (χ4v) is 5.87. The molecule has 0 bridgehead atoms. The number of anilines is 1. The third kappa shape index (κ3) is 5.41. The van der Waals surface area contributed by atoms with Crippen molar-refractivity contribution < 1.29 is 18.7 Å². The molecule has 2 amide bonds. The summed E-state index contributed by atoms with van der Waals surface area (Å²) in [4.78, 5) is 12.9. The number of rotatable bonds is 5. The highest BCUT2D eigenvalue weighted by Crippen LogP contribution is 2.39. The monoisotopic (exact) mass is 482 g/mol. The quantitative estimate of drug-likeness (QED) is 0.537. The first kappa shape index (κ1) is 24.6. The highest BCUT2D eigenvalue weighted by molar-refractivity contribution is 6.74. The molecule has 2 unspecified atom stereocenters. The van der Waals surface area contributed by atoms with Crippen molar-refractivity contribution in [2.24, 2.45) is 0 Å². The molecule has 0 aromatic heterocycles. The number of ether oxygens (including phenoxy) is 2. The lowest BCUT2D eigenvalue weighted by molar-refractivity contribution is 0.165. The Morgan fingerprint density at radius 3 is 2.65 bits per heavy atom. The summed E-state index contributed by atoms with van der Waals surface area (Å²) in [6, 6.07) is 11.7. The van der Waals surface area contributed by atoms with Gasteiger partial charge in [-0.2, -0.15) is 0 Å². The van der Waals surface area contributed by atoms with E-state index in [4.69, 9.17) is 13.9 Å². The van der Waals surface area contributed by atoms with Crippen LogP contribution in [-0.2, 0) is 23.7 Å². The molecule has 0 radical (unpaired) electrons. The van der Waals surface area contributed by atoms with E-state index in [1.165, 1.54) is 11.1 Å². The zero-order valence-corrected chi connectivity index (χ0v) is 22.3. The lowest BCUT2D eigenvalue weighted by Gasteiger charge is -2.40. The lowest BCUT2D eigenvalue weighted by Crippen LogP contribution is -2.45. The van der Waals surface area contributed by atoms with Crippen molar-refractivity contribution >= 4 is 20.0 Å². The van der Waals surface area contributed by atoms with E-state index >= 15 is 0 Å². The van der Waals surface area contributed by atoms with Crippen LogP contribution < -0.4 is 20.1 Å². The molecule has 0 fully saturated rings. The fraction of sp³-hybridized carbons (Fsp3) is 0.519. The van der Waals surface area contributed by atoms with Gasteiger partial charge in [-0.05, 0) is 72.6 Å². The van der Waals surface area contributed by atoms with Crippen molar-refractivity contribution in [3.63, 3.8) is 0 Å². The molecule has 2 atom stereocenters. The molecule has 1 aliphatic carbocycles. The van der Waals surface area contributed by atoms with E-state index in [9.17, 15) is 4.79 Å². The van der Waals surface area contributed by atoms with Gasteiger partial charge in [0.1, 0.15) is 18.1 Å². The molecule has 6 nitrogen and oxygen atoms in total. The highest BCUT2D eigenvalue weighted by Gasteiger charge is 2.40. The van der Waals surface area contributed by atoms with Crippen molar-refractivity contribution in [2.75, 3.05) is 19.0 Å². The molecule has 1 heterocycles. The van der Waals surface area contributed by atoms with Crippen LogP contribution in [0.3, 0.4) is 0 Å². The number of amides is 2. The first-order chi connectivity index (χ1) is 16.1. The predicted octanol–water partition coefficient (Wildman–Crippen LogP) is 5.70. The van der Waals surface area contributed by atoms with Crippen molar-refractivity contribution in [3.8, 4) is 11.5 Å². The SMILES string of the molecule is COc1ccc2c(c1)OCC(NC(=O)Nc1cccc3c1CC(O[Si](C)(C)C(C)(C)C)CC3)C2. The van der Waals surface area contributed by atoms with Crippen LogP contribution in [0.5, 0.6) is 11.5 Å². The Hall–Kier alpha value is -2.51. The number of methoxy groups -OCH3 is 1. The Morgan fingerprint density at radius 1 is 1.12 bits per heavy atom. The van der Waals surface area contributed by atoms with Crippen molar-refractivity contribution in [3.05, 3.63) is 53.1 Å². The van der Waals surface area contributed by atoms with Gasteiger partial charge in [0.15, 0.2) is 8.32 Å². The number of fused-ring (bicyclic) bond motifs is 2. The molecular weight excluding hydrogens is 444 g/mol. The standard InChI is InChI=1S/C27H38N2O4Si/c1-27(2,3)34(5,6)33-22-13-10-18-8-7-9-24(23(18)15-22)29-26(30)28-20-14-19-11-12-21(31-4)16-25(19)32-17-20/h7-9,11-12,16,20,22H,10,13-15,17H2,1-6H3,(H2,28,29,30). The second-order valence-electron chi connectivity index (χ2n) is 11.0. The summed E-state index contributed by atoms with van der Waals surface area (Å²) in [7, 11) is -0.207. The smallest absolute Gasteiger partial charge is 0.319 e. The molecule has 2 aromatic rings. The van der Waals surface area contributed by atoms with Gasteiger partial charge < -0.3 is 24.5 Å². The summed E-state index contributed by atoms with van der Waals surface area (Å²) in [6.45, 7) is 11.9. The molecule has 2 aromatic carbocycles.